The number of nitrogens with zero attached hydrogens (tertiary/aromatic N) is 2. The van der Waals surface area contributed by atoms with Crippen molar-refractivity contribution in [2.75, 3.05) is 6.61 Å². The number of ether oxygens (including phenoxy) is 3. The molecule has 0 spiro atoms. The molecule has 4 N–H and O–H groups in total. The van der Waals surface area contributed by atoms with Crippen molar-refractivity contribution in [1.82, 2.24) is 9.78 Å². The molecule has 1 aliphatic heterocycles. The molecule has 1 aromatic carbocycles. The van der Waals surface area contributed by atoms with E-state index in [1.807, 2.05) is 0 Å². The van der Waals surface area contributed by atoms with Gasteiger partial charge in [-0.1, -0.05) is 12.1 Å². The highest BCUT2D eigenvalue weighted by atomic mass is 16.7. The Hall–Kier alpha value is -2.17. The monoisotopic (exact) mass is 456 g/mol. The van der Waals surface area contributed by atoms with Crippen LogP contribution in [0.3, 0.4) is 0 Å². The summed E-state index contributed by atoms with van der Waals surface area (Å²) >= 11 is 0. The molecule has 1 aliphatic rings. The first kappa shape index (κ1) is 17.3. The standard InChI is InChI=1S/C23H34N2O7/c1-12(2)25-14(5)17(10-15-6-8-16(9-7-15)30-13(3)4)22(24-25)32-23-21(29)20(28)19(27)18(11-26)31-23/h6-9,12-13,18-21,23,26-29H,10-11H2,1-5H3/t18-,19-,20+,21-,23+/m1/s1/i5D3,10D2,13D. The first-order valence-corrected chi connectivity index (χ1v) is 10.3. The summed E-state index contributed by atoms with van der Waals surface area (Å²) in [4.78, 5) is 0. The van der Waals surface area contributed by atoms with Crippen LogP contribution < -0.4 is 9.47 Å². The van der Waals surface area contributed by atoms with Gasteiger partial charge in [0.2, 0.25) is 12.2 Å². The molecule has 32 heavy (non-hydrogen) atoms. The minimum Gasteiger partial charge on any atom is -0.491 e. The van der Waals surface area contributed by atoms with Crippen molar-refractivity contribution in [2.24, 2.45) is 0 Å². The molecule has 0 amide bonds. The summed E-state index contributed by atoms with van der Waals surface area (Å²) in [7, 11) is 0. The van der Waals surface area contributed by atoms with Crippen LogP contribution in [-0.2, 0) is 11.1 Å². The molecule has 0 aliphatic carbocycles. The highest BCUT2D eigenvalue weighted by Gasteiger charge is 2.45. The second kappa shape index (κ2) is 10.2. The number of aromatic nitrogens is 2. The van der Waals surface area contributed by atoms with Crippen LogP contribution in [0.25, 0.3) is 0 Å². The van der Waals surface area contributed by atoms with Crippen LogP contribution in [0.15, 0.2) is 24.3 Å². The average Bonchev–Trinajstić information content (AvgIpc) is 3.20. The van der Waals surface area contributed by atoms with E-state index in [9.17, 15) is 20.4 Å². The zero-order valence-corrected chi connectivity index (χ0v) is 18.4. The van der Waals surface area contributed by atoms with Crippen LogP contribution in [0.2, 0.25) is 0 Å². The third-order valence-electron chi connectivity index (χ3n) is 4.89. The molecule has 2 aromatic rings. The fourth-order valence-electron chi connectivity index (χ4n) is 3.24. The van der Waals surface area contributed by atoms with Gasteiger partial charge in [-0.2, -0.15) is 0 Å². The van der Waals surface area contributed by atoms with E-state index in [2.05, 4.69) is 5.10 Å². The van der Waals surface area contributed by atoms with Gasteiger partial charge in [-0.3, -0.25) is 4.68 Å². The zero-order chi connectivity index (χ0) is 28.8. The van der Waals surface area contributed by atoms with Gasteiger partial charge in [0, 0.05) is 30.5 Å². The molecule has 1 fully saturated rings. The predicted octanol–water partition coefficient (Wildman–Crippen LogP) is 1.33. The van der Waals surface area contributed by atoms with Gasteiger partial charge >= 0.3 is 0 Å². The molecule has 1 saturated heterocycles. The Morgan fingerprint density at radius 2 is 1.84 bits per heavy atom. The van der Waals surface area contributed by atoms with Gasteiger partial charge in [-0.05, 0) is 52.2 Å². The lowest BCUT2D eigenvalue weighted by Crippen LogP contribution is -2.60. The second-order valence-corrected chi connectivity index (χ2v) is 8.04. The SMILES string of the molecule is [2H]C(C)(C)Oc1ccc(C([2H])([2H])c2c(O[C@@H]3O[C@H](CO)[C@@H](O)[C@H](O)[C@H]3O)nn(C(C)C)c2C([2H])([2H])[2H])cc1. The van der Waals surface area contributed by atoms with Crippen LogP contribution >= 0.6 is 0 Å². The summed E-state index contributed by atoms with van der Waals surface area (Å²) in [5.41, 5.74) is -0.859. The lowest BCUT2D eigenvalue weighted by Gasteiger charge is -2.39. The Kier molecular flexibility index (Phi) is 5.51. The number of hydrogen-bond acceptors (Lipinski definition) is 8. The van der Waals surface area contributed by atoms with Crippen molar-refractivity contribution in [3.05, 3.63) is 41.1 Å². The van der Waals surface area contributed by atoms with E-state index < -0.39 is 79.8 Å². The molecule has 0 bridgehead atoms. The predicted molar refractivity (Wildman–Crippen MR) is 117 cm³/mol. The van der Waals surface area contributed by atoms with E-state index in [0.717, 1.165) is 4.68 Å². The maximum Gasteiger partial charge on any atom is 0.239 e. The summed E-state index contributed by atoms with van der Waals surface area (Å²) in [6.45, 7) is 2.80. The Balaban J connectivity index is 2.14. The zero-order valence-electron chi connectivity index (χ0n) is 24.4. The maximum absolute atomic E-state index is 10.5. The summed E-state index contributed by atoms with van der Waals surface area (Å²) in [6.07, 6.45) is -12.0. The highest BCUT2D eigenvalue weighted by Crippen LogP contribution is 2.31. The van der Waals surface area contributed by atoms with Gasteiger partial charge in [-0.15, -0.1) is 5.10 Å². The molecule has 0 unspecified atom stereocenters. The first-order valence-electron chi connectivity index (χ1n) is 13.3. The highest BCUT2D eigenvalue weighted by molar-refractivity contribution is 5.38. The molecule has 2 heterocycles. The Morgan fingerprint density at radius 1 is 1.16 bits per heavy atom. The third-order valence-corrected chi connectivity index (χ3v) is 4.89. The summed E-state index contributed by atoms with van der Waals surface area (Å²) in [5.74, 6) is -0.206. The third kappa shape index (κ3) is 5.24. The van der Waals surface area contributed by atoms with Crippen molar-refractivity contribution in [2.45, 2.75) is 83.7 Å². The Morgan fingerprint density at radius 3 is 2.41 bits per heavy atom. The topological polar surface area (TPSA) is 126 Å². The summed E-state index contributed by atoms with van der Waals surface area (Å²) < 4.78 is 67.9. The molecule has 1 aromatic heterocycles. The van der Waals surface area contributed by atoms with Crippen molar-refractivity contribution in [3.8, 4) is 11.6 Å². The number of rotatable bonds is 8. The van der Waals surface area contributed by atoms with Gasteiger partial charge in [0.25, 0.3) is 0 Å². The average molecular weight is 457 g/mol. The van der Waals surface area contributed by atoms with Crippen LogP contribution in [0.5, 0.6) is 11.6 Å². The van der Waals surface area contributed by atoms with E-state index >= 15 is 0 Å². The smallest absolute Gasteiger partial charge is 0.239 e. The van der Waals surface area contributed by atoms with E-state index in [1.165, 1.54) is 38.1 Å². The van der Waals surface area contributed by atoms with E-state index in [-0.39, 0.29) is 5.56 Å². The number of aliphatic hydroxyl groups is 4. The number of aliphatic hydroxyl groups excluding tert-OH is 4. The van der Waals surface area contributed by atoms with E-state index in [1.54, 1.807) is 13.8 Å². The fraction of sp³-hybridized carbons (Fsp3) is 0.609. The van der Waals surface area contributed by atoms with Crippen LogP contribution in [0.4, 0.5) is 0 Å². The molecule has 3 rings (SSSR count). The van der Waals surface area contributed by atoms with E-state index in [0.29, 0.717) is 5.75 Å². The quantitative estimate of drug-likeness (QED) is 0.469. The minimum absolute atomic E-state index is 0.0279. The summed E-state index contributed by atoms with van der Waals surface area (Å²) in [6, 6.07) is 5.12. The van der Waals surface area contributed by atoms with Gasteiger partial charge in [0.05, 0.1) is 14.1 Å². The molecular weight excluding hydrogens is 416 g/mol. The van der Waals surface area contributed by atoms with Gasteiger partial charge in [0.1, 0.15) is 30.2 Å². The van der Waals surface area contributed by atoms with E-state index in [4.69, 9.17) is 22.4 Å². The van der Waals surface area contributed by atoms with Crippen molar-refractivity contribution in [3.63, 3.8) is 0 Å². The maximum atomic E-state index is 10.5. The molecule has 0 radical (unpaired) electrons. The Labute approximate surface area is 196 Å². The minimum atomic E-state index is -2.84. The molecule has 0 saturated carbocycles. The lowest BCUT2D eigenvalue weighted by atomic mass is 9.99. The molecule has 178 valence electrons. The van der Waals surface area contributed by atoms with Crippen molar-refractivity contribution in [1.29, 1.82) is 0 Å². The van der Waals surface area contributed by atoms with Crippen LogP contribution in [0, 0.1) is 6.85 Å². The number of hydrogen-bond donors (Lipinski definition) is 4. The fourth-order valence-corrected chi connectivity index (χ4v) is 3.24. The number of benzene rings is 1. The normalized spacial score (nSPS) is 30.0. The largest absolute Gasteiger partial charge is 0.491 e. The van der Waals surface area contributed by atoms with Crippen molar-refractivity contribution < 1.29 is 42.9 Å². The van der Waals surface area contributed by atoms with Gasteiger partial charge in [0.15, 0.2) is 0 Å². The molecule has 9 heteroatoms. The second-order valence-electron chi connectivity index (χ2n) is 8.04. The lowest BCUT2D eigenvalue weighted by molar-refractivity contribution is -0.278. The summed E-state index contributed by atoms with van der Waals surface area (Å²) in [5, 5.41) is 44.4. The Bertz CT molecular complexity index is 1100. The molecule has 5 atom stereocenters. The van der Waals surface area contributed by atoms with Crippen LogP contribution in [-0.4, -0.2) is 73.6 Å². The van der Waals surface area contributed by atoms with Crippen LogP contribution in [0.1, 0.15) is 58.8 Å². The van der Waals surface area contributed by atoms with Crippen molar-refractivity contribution >= 4 is 0 Å². The molecular formula is C23H34N2O7. The van der Waals surface area contributed by atoms with Gasteiger partial charge in [-0.25, -0.2) is 0 Å². The van der Waals surface area contributed by atoms with Gasteiger partial charge < -0.3 is 34.6 Å². The molecule has 9 nitrogen and oxygen atoms in total. The first-order chi connectivity index (χ1) is 17.4.